The molecule has 2 unspecified atom stereocenters. The first-order valence-electron chi connectivity index (χ1n) is 33.7. The minimum Gasteiger partial charge on any atom is -0.394 e. The Morgan fingerprint density at radius 1 is 0.321 bits per heavy atom. The van der Waals surface area contributed by atoms with Crippen molar-refractivity contribution >= 4 is 5.91 Å². The predicted molar refractivity (Wildman–Crippen MR) is 349 cm³/mol. The molecular weight excluding hydrogens is 951 g/mol. The molecule has 0 aliphatic heterocycles. The molecule has 0 rings (SSSR count). The Bertz CT molecular complexity index is 1510. The van der Waals surface area contributed by atoms with Crippen molar-refractivity contribution in [2.24, 2.45) is 0 Å². The second kappa shape index (κ2) is 68.1. The lowest BCUT2D eigenvalue weighted by Gasteiger charge is -2.19. The van der Waals surface area contributed by atoms with Crippen molar-refractivity contribution in [1.82, 2.24) is 5.32 Å². The van der Waals surface area contributed by atoms with Crippen molar-refractivity contribution in [3.8, 4) is 0 Å². The van der Waals surface area contributed by atoms with Crippen molar-refractivity contribution < 1.29 is 15.0 Å². The van der Waals surface area contributed by atoms with Gasteiger partial charge >= 0.3 is 0 Å². The van der Waals surface area contributed by atoms with Crippen LogP contribution in [0.15, 0.2) is 122 Å². The van der Waals surface area contributed by atoms with Gasteiger partial charge in [-0.15, -0.1) is 0 Å². The van der Waals surface area contributed by atoms with Crippen molar-refractivity contribution in [1.29, 1.82) is 0 Å². The summed E-state index contributed by atoms with van der Waals surface area (Å²) in [6.07, 6.45) is 104. The first-order chi connectivity index (χ1) is 38.7. The van der Waals surface area contributed by atoms with Crippen LogP contribution in [0, 0.1) is 0 Å². The van der Waals surface area contributed by atoms with Gasteiger partial charge in [0.15, 0.2) is 0 Å². The minimum absolute atomic E-state index is 0.0736. The fourth-order valence-electron chi connectivity index (χ4n) is 9.86. The van der Waals surface area contributed by atoms with Crippen LogP contribution in [-0.2, 0) is 4.79 Å². The second-order valence-corrected chi connectivity index (χ2v) is 22.5. The van der Waals surface area contributed by atoms with Gasteiger partial charge in [-0.3, -0.25) is 4.79 Å². The Hall–Kier alpha value is -3.21. The van der Waals surface area contributed by atoms with E-state index >= 15 is 0 Å². The lowest BCUT2D eigenvalue weighted by atomic mass is 10.0. The van der Waals surface area contributed by atoms with Crippen LogP contribution in [0.5, 0.6) is 0 Å². The SMILES string of the molecule is CC/C=C\C/C=C\C/C=C\C/C=C\C/C=C\C/C=C\C/C=C\C/C=C\CCCCCCCCCCCCCCCCCCC(=O)NC(CO)C(O)/C=C/CC/C=C/CCCCCCCCCCCCCCCCCCCCC. The molecule has 0 aromatic rings. The number of allylic oxidation sites excluding steroid dienone is 19. The van der Waals surface area contributed by atoms with Crippen LogP contribution in [0.2, 0.25) is 0 Å². The van der Waals surface area contributed by atoms with E-state index < -0.39 is 12.1 Å². The summed E-state index contributed by atoms with van der Waals surface area (Å²) in [6, 6.07) is -0.646. The van der Waals surface area contributed by atoms with Gasteiger partial charge in [0.25, 0.3) is 0 Å². The molecule has 3 N–H and O–H groups in total. The topological polar surface area (TPSA) is 69.6 Å². The molecular formula is C74H129NO3. The van der Waals surface area contributed by atoms with E-state index in [4.69, 9.17) is 0 Å². The van der Waals surface area contributed by atoms with E-state index in [0.29, 0.717) is 6.42 Å². The summed E-state index contributed by atoms with van der Waals surface area (Å²) < 4.78 is 0. The first-order valence-corrected chi connectivity index (χ1v) is 33.7. The third kappa shape index (κ3) is 63.6. The van der Waals surface area contributed by atoms with Gasteiger partial charge in [-0.1, -0.05) is 341 Å². The molecule has 448 valence electrons. The normalized spacial score (nSPS) is 13.5. The Labute approximate surface area is 486 Å². The summed E-state index contributed by atoms with van der Waals surface area (Å²) in [5.41, 5.74) is 0. The largest absolute Gasteiger partial charge is 0.394 e. The molecule has 0 saturated heterocycles. The molecule has 0 aliphatic rings. The molecule has 0 bridgehead atoms. The van der Waals surface area contributed by atoms with Gasteiger partial charge in [0, 0.05) is 6.42 Å². The number of aliphatic hydroxyl groups is 2. The van der Waals surface area contributed by atoms with E-state index in [1.165, 1.54) is 218 Å². The van der Waals surface area contributed by atoms with Crippen LogP contribution in [0.4, 0.5) is 0 Å². The highest BCUT2D eigenvalue weighted by molar-refractivity contribution is 5.76. The van der Waals surface area contributed by atoms with E-state index in [9.17, 15) is 15.0 Å². The van der Waals surface area contributed by atoms with Gasteiger partial charge in [0.2, 0.25) is 5.91 Å². The molecule has 4 heteroatoms. The molecule has 0 saturated carbocycles. The summed E-state index contributed by atoms with van der Waals surface area (Å²) in [5.74, 6) is -0.0736. The fraction of sp³-hybridized carbons (Fsp3) is 0.716. The number of amides is 1. The maximum Gasteiger partial charge on any atom is 0.220 e. The summed E-state index contributed by atoms with van der Waals surface area (Å²) in [7, 11) is 0. The number of carbonyl (C=O) groups excluding carboxylic acids is 1. The summed E-state index contributed by atoms with van der Waals surface area (Å²) in [5, 5.41) is 23.2. The summed E-state index contributed by atoms with van der Waals surface area (Å²) in [4.78, 5) is 12.5. The van der Waals surface area contributed by atoms with Crippen molar-refractivity contribution in [3.63, 3.8) is 0 Å². The minimum atomic E-state index is -0.869. The van der Waals surface area contributed by atoms with E-state index in [2.05, 4.69) is 129 Å². The highest BCUT2D eigenvalue weighted by Gasteiger charge is 2.18. The molecule has 4 nitrogen and oxygen atoms in total. The molecule has 0 fully saturated rings. The Morgan fingerprint density at radius 2 is 0.577 bits per heavy atom. The number of aliphatic hydroxyl groups excluding tert-OH is 2. The van der Waals surface area contributed by atoms with Crippen LogP contribution < -0.4 is 5.32 Å². The molecule has 0 spiro atoms. The average Bonchev–Trinajstić information content (AvgIpc) is 3.44. The molecule has 0 radical (unpaired) electrons. The monoisotopic (exact) mass is 1080 g/mol. The van der Waals surface area contributed by atoms with Crippen LogP contribution >= 0.6 is 0 Å². The summed E-state index contributed by atoms with van der Waals surface area (Å²) >= 11 is 0. The number of carbonyl (C=O) groups is 1. The maximum absolute atomic E-state index is 12.5. The van der Waals surface area contributed by atoms with Gasteiger partial charge in [-0.2, -0.15) is 0 Å². The number of unbranched alkanes of at least 4 members (excludes halogenated alkanes) is 36. The van der Waals surface area contributed by atoms with Gasteiger partial charge < -0.3 is 15.5 Å². The van der Waals surface area contributed by atoms with Crippen LogP contribution in [0.1, 0.15) is 322 Å². The summed E-state index contributed by atoms with van der Waals surface area (Å²) in [6.45, 7) is 4.20. The lowest BCUT2D eigenvalue weighted by molar-refractivity contribution is -0.123. The smallest absolute Gasteiger partial charge is 0.220 e. The Balaban J connectivity index is 3.53. The van der Waals surface area contributed by atoms with E-state index in [1.807, 2.05) is 6.08 Å². The van der Waals surface area contributed by atoms with Gasteiger partial charge in [0.05, 0.1) is 18.8 Å². The molecule has 0 aromatic heterocycles. The van der Waals surface area contributed by atoms with Crippen molar-refractivity contribution in [2.45, 2.75) is 334 Å². The average molecular weight is 1080 g/mol. The van der Waals surface area contributed by atoms with E-state index in [-0.39, 0.29) is 12.5 Å². The zero-order valence-electron chi connectivity index (χ0n) is 51.7. The Morgan fingerprint density at radius 3 is 0.897 bits per heavy atom. The van der Waals surface area contributed by atoms with Gasteiger partial charge in [-0.05, 0) is 96.3 Å². The molecule has 78 heavy (non-hydrogen) atoms. The van der Waals surface area contributed by atoms with Gasteiger partial charge in [0.1, 0.15) is 0 Å². The Kier molecular flexibility index (Phi) is 65.3. The van der Waals surface area contributed by atoms with E-state index in [1.54, 1.807) is 6.08 Å². The number of rotatable bonds is 61. The third-order valence-electron chi connectivity index (χ3n) is 14.9. The molecule has 0 aromatic carbocycles. The highest BCUT2D eigenvalue weighted by atomic mass is 16.3. The molecule has 1 amide bonds. The number of hydrogen-bond acceptors (Lipinski definition) is 3. The van der Waals surface area contributed by atoms with Crippen molar-refractivity contribution in [3.05, 3.63) is 122 Å². The van der Waals surface area contributed by atoms with Crippen LogP contribution in [-0.4, -0.2) is 34.9 Å². The molecule has 0 aliphatic carbocycles. The molecule has 2 atom stereocenters. The van der Waals surface area contributed by atoms with Crippen LogP contribution in [0.3, 0.4) is 0 Å². The number of nitrogens with one attached hydrogen (secondary N) is 1. The molecule has 0 heterocycles. The predicted octanol–water partition coefficient (Wildman–Crippen LogP) is 23.2. The first kappa shape index (κ1) is 74.8. The number of hydrogen-bond donors (Lipinski definition) is 3. The second-order valence-electron chi connectivity index (χ2n) is 22.5. The zero-order valence-corrected chi connectivity index (χ0v) is 51.7. The fourth-order valence-corrected chi connectivity index (χ4v) is 9.86. The highest BCUT2D eigenvalue weighted by Crippen LogP contribution is 2.17. The van der Waals surface area contributed by atoms with Crippen molar-refractivity contribution in [2.75, 3.05) is 6.61 Å². The zero-order chi connectivity index (χ0) is 56.2. The van der Waals surface area contributed by atoms with Gasteiger partial charge in [-0.25, -0.2) is 0 Å². The third-order valence-corrected chi connectivity index (χ3v) is 14.9. The standard InChI is InChI=1S/C74H129NO3/c1-3-5-7-9-11-13-15-17-19-21-23-25-27-29-30-31-32-33-34-35-36-37-38-39-40-41-42-43-44-46-48-50-52-54-56-58-60-62-64-66-68-70-74(78)75-72(71-76)73(77)69-67-65-63-61-59-57-55-53-51-49-47-45-28-26-24-22-20-18-16-14-12-10-8-6-4-2/h5,7,11,13,17,19,23,25,29-30,32-33,35-36,38-39,59,61,67,69,72-73,76-77H,3-4,6,8-10,12,14-16,18,20-22,24,26-28,31,34,37,40-58,60,62-66,68,70-71H2,1-2H3,(H,75,78)/b7-5-,13-11-,19-17-,25-23-,30-29-,33-32-,36-35-,39-38-,61-59+,69-67+. The quantitative estimate of drug-likeness (QED) is 0.0420. The van der Waals surface area contributed by atoms with E-state index in [0.717, 1.165) is 83.5 Å². The lowest BCUT2D eigenvalue weighted by Crippen LogP contribution is -2.45. The van der Waals surface area contributed by atoms with Crippen LogP contribution in [0.25, 0.3) is 0 Å². The maximum atomic E-state index is 12.5.